The number of hydrogen-bond donors (Lipinski definition) is 3. The maximum Gasteiger partial charge on any atom is 0.472 e. The number of phosphoric ester groups is 2. The van der Waals surface area contributed by atoms with Gasteiger partial charge in [0, 0.05) is 25.7 Å². The first-order valence-electron chi connectivity index (χ1n) is 43.0. The van der Waals surface area contributed by atoms with Crippen LogP contribution in [0.25, 0.3) is 0 Å². The van der Waals surface area contributed by atoms with Gasteiger partial charge in [0.05, 0.1) is 26.4 Å². The van der Waals surface area contributed by atoms with Crippen molar-refractivity contribution in [2.75, 3.05) is 39.6 Å². The molecule has 0 aromatic rings. The van der Waals surface area contributed by atoms with E-state index < -0.39 is 97.5 Å². The number of ether oxygens (including phenoxy) is 4. The number of rotatable bonds is 82. The van der Waals surface area contributed by atoms with Crippen molar-refractivity contribution in [3.05, 3.63) is 24.3 Å². The van der Waals surface area contributed by atoms with Gasteiger partial charge in [-0.05, 0) is 57.3 Å². The Hall–Kier alpha value is -2.46. The molecule has 0 radical (unpaired) electrons. The number of aliphatic hydroxyl groups excluding tert-OH is 1. The summed E-state index contributed by atoms with van der Waals surface area (Å²) in [6.45, 7) is 7.27. The van der Waals surface area contributed by atoms with Gasteiger partial charge >= 0.3 is 39.5 Å². The molecule has 0 aliphatic heterocycles. The molecule has 0 saturated heterocycles. The first-order valence-corrected chi connectivity index (χ1v) is 45.9. The van der Waals surface area contributed by atoms with Crippen LogP contribution in [0.1, 0.15) is 426 Å². The molecule has 0 rings (SSSR count). The lowest BCUT2D eigenvalue weighted by atomic mass is 10.0. The minimum absolute atomic E-state index is 0.0851. The predicted molar refractivity (Wildman–Crippen MR) is 423 cm³/mol. The molecule has 0 amide bonds. The fourth-order valence-electron chi connectivity index (χ4n) is 12.6. The van der Waals surface area contributed by atoms with Gasteiger partial charge in [-0.25, -0.2) is 9.13 Å². The largest absolute Gasteiger partial charge is 0.472 e. The zero-order valence-electron chi connectivity index (χ0n) is 66.9. The Morgan fingerprint density at radius 2 is 0.524 bits per heavy atom. The van der Waals surface area contributed by atoms with Crippen LogP contribution in [0.5, 0.6) is 0 Å². The van der Waals surface area contributed by atoms with Crippen LogP contribution >= 0.6 is 15.6 Å². The maximum absolute atomic E-state index is 13.1. The molecule has 608 valence electrons. The van der Waals surface area contributed by atoms with E-state index >= 15 is 0 Å². The average molecular weight is 1500 g/mol. The highest BCUT2D eigenvalue weighted by Gasteiger charge is 2.30. The van der Waals surface area contributed by atoms with Crippen LogP contribution < -0.4 is 0 Å². The third-order valence-electron chi connectivity index (χ3n) is 19.2. The summed E-state index contributed by atoms with van der Waals surface area (Å²) in [6, 6.07) is 0. The van der Waals surface area contributed by atoms with E-state index in [0.717, 1.165) is 109 Å². The smallest absolute Gasteiger partial charge is 0.462 e. The van der Waals surface area contributed by atoms with Gasteiger partial charge in [0.25, 0.3) is 0 Å². The second kappa shape index (κ2) is 76.3. The molecule has 2 unspecified atom stereocenters. The molecule has 0 saturated carbocycles. The van der Waals surface area contributed by atoms with E-state index in [1.807, 2.05) is 0 Å². The summed E-state index contributed by atoms with van der Waals surface area (Å²) in [5.74, 6) is -1.39. The number of phosphoric acid groups is 2. The van der Waals surface area contributed by atoms with Crippen LogP contribution in [0.2, 0.25) is 0 Å². The number of esters is 4. The van der Waals surface area contributed by atoms with Crippen molar-refractivity contribution in [2.24, 2.45) is 5.92 Å². The Kier molecular flexibility index (Phi) is 74.5. The Balaban J connectivity index is 5.29. The van der Waals surface area contributed by atoms with Crippen LogP contribution in [0.4, 0.5) is 0 Å². The molecule has 0 heterocycles. The minimum atomic E-state index is -4.97. The van der Waals surface area contributed by atoms with Gasteiger partial charge in [-0.15, -0.1) is 0 Å². The summed E-state index contributed by atoms with van der Waals surface area (Å²) >= 11 is 0. The van der Waals surface area contributed by atoms with Crippen molar-refractivity contribution in [3.63, 3.8) is 0 Å². The van der Waals surface area contributed by atoms with Crippen molar-refractivity contribution in [2.45, 2.75) is 445 Å². The lowest BCUT2D eigenvalue weighted by Crippen LogP contribution is -2.30. The normalized spacial score (nSPS) is 14.0. The molecule has 0 spiro atoms. The standard InChI is InChI=1S/C84H160O17P2/c1-6-9-12-15-18-21-24-27-30-32-34-37-39-42-47-52-57-62-67-81(86)94-73-79(100-84(89)70-65-60-55-49-44-41-38-35-33-31-28-25-22-19-16-13-10-7-2)75-98-102(90,91)96-71-78(85)72-97-103(92,93)99-76-80(74-95-82(87)68-63-58-53-50-45-46-51-56-61-66-77(4)5)101-83(88)69-64-59-54-48-43-40-36-29-26-23-20-17-14-11-8-3/h23,26,29,36,77-80,85H,6-22,24-25,27-28,30-35,37-76H2,1-5H3,(H,90,91)(H,92,93)/b26-23-,36-29-/t78-,79-,80-/m1/s1. The number of allylic oxidation sites excluding steroid dienone is 4. The summed E-state index contributed by atoms with van der Waals surface area (Å²) < 4.78 is 68.8. The molecule has 3 N–H and O–H groups in total. The van der Waals surface area contributed by atoms with Gasteiger partial charge in [0.15, 0.2) is 12.2 Å². The van der Waals surface area contributed by atoms with E-state index in [0.29, 0.717) is 25.7 Å². The zero-order valence-corrected chi connectivity index (χ0v) is 68.7. The Morgan fingerprint density at radius 3 is 0.796 bits per heavy atom. The van der Waals surface area contributed by atoms with Crippen molar-refractivity contribution in [1.29, 1.82) is 0 Å². The molecule has 19 heteroatoms. The van der Waals surface area contributed by atoms with Crippen LogP contribution in [0.3, 0.4) is 0 Å². The highest BCUT2D eigenvalue weighted by Crippen LogP contribution is 2.45. The summed E-state index contributed by atoms with van der Waals surface area (Å²) in [5, 5.41) is 10.7. The Morgan fingerprint density at radius 1 is 0.301 bits per heavy atom. The predicted octanol–water partition coefficient (Wildman–Crippen LogP) is 25.1. The van der Waals surface area contributed by atoms with Gasteiger partial charge in [-0.1, -0.05) is 374 Å². The van der Waals surface area contributed by atoms with E-state index in [9.17, 15) is 43.2 Å². The monoisotopic (exact) mass is 1500 g/mol. The van der Waals surface area contributed by atoms with Crippen molar-refractivity contribution in [1.82, 2.24) is 0 Å². The quantitative estimate of drug-likeness (QED) is 0.0169. The highest BCUT2D eigenvalue weighted by atomic mass is 31.2. The molecule has 5 atom stereocenters. The molecule has 0 bridgehead atoms. The summed E-state index contributed by atoms with van der Waals surface area (Å²) in [7, 11) is -9.94. The number of aliphatic hydroxyl groups is 1. The van der Waals surface area contributed by atoms with Crippen LogP contribution in [-0.4, -0.2) is 96.7 Å². The van der Waals surface area contributed by atoms with Gasteiger partial charge in [0.2, 0.25) is 0 Å². The number of unbranched alkanes of at least 4 members (excludes halogenated alkanes) is 51. The second-order valence-corrected chi connectivity index (χ2v) is 32.9. The average Bonchev–Trinajstić information content (AvgIpc) is 0.992. The van der Waals surface area contributed by atoms with Gasteiger partial charge in [-0.3, -0.25) is 37.3 Å². The van der Waals surface area contributed by atoms with Gasteiger partial charge in [-0.2, -0.15) is 0 Å². The van der Waals surface area contributed by atoms with Gasteiger partial charge < -0.3 is 33.8 Å². The van der Waals surface area contributed by atoms with Crippen molar-refractivity contribution in [3.8, 4) is 0 Å². The van der Waals surface area contributed by atoms with E-state index in [1.165, 1.54) is 238 Å². The van der Waals surface area contributed by atoms with Crippen LogP contribution in [0.15, 0.2) is 24.3 Å². The third-order valence-corrected chi connectivity index (χ3v) is 21.1. The molecule has 0 aromatic carbocycles. The lowest BCUT2D eigenvalue weighted by molar-refractivity contribution is -0.161. The van der Waals surface area contributed by atoms with E-state index in [2.05, 4.69) is 58.9 Å². The van der Waals surface area contributed by atoms with Gasteiger partial charge in [0.1, 0.15) is 19.3 Å². The topological polar surface area (TPSA) is 237 Å². The molecule has 103 heavy (non-hydrogen) atoms. The molecule has 17 nitrogen and oxygen atoms in total. The fourth-order valence-corrected chi connectivity index (χ4v) is 14.2. The molecule has 0 fully saturated rings. The first-order chi connectivity index (χ1) is 50.0. The Labute approximate surface area is 631 Å². The van der Waals surface area contributed by atoms with E-state index in [4.69, 9.17) is 37.0 Å². The SMILES string of the molecule is CCCCCC/C=C\C=C/CCCCCCCC(=O)O[C@H](COC(=O)CCCCCCCCCCCC(C)C)COP(=O)(O)OC[C@H](O)COP(=O)(O)OC[C@@H](COC(=O)CCCCCCCCCCCCCCCCCCCC)OC(=O)CCCCCCCCCCCCCCCCCCCC. The Bertz CT molecular complexity index is 2060. The third kappa shape index (κ3) is 77.5. The molecule has 0 aromatic heterocycles. The zero-order chi connectivity index (χ0) is 75.5. The van der Waals surface area contributed by atoms with Crippen LogP contribution in [-0.2, 0) is 65.4 Å². The number of carbonyl (C=O) groups excluding carboxylic acids is 4. The van der Waals surface area contributed by atoms with E-state index in [-0.39, 0.29) is 25.7 Å². The number of hydrogen-bond acceptors (Lipinski definition) is 15. The maximum atomic E-state index is 13.1. The lowest BCUT2D eigenvalue weighted by Gasteiger charge is -2.21. The summed E-state index contributed by atoms with van der Waals surface area (Å²) in [6.07, 6.45) is 71.6. The minimum Gasteiger partial charge on any atom is -0.462 e. The molecule has 0 aliphatic rings. The summed E-state index contributed by atoms with van der Waals surface area (Å²) in [4.78, 5) is 73.1. The fraction of sp³-hybridized carbons (Fsp3) is 0.905. The first kappa shape index (κ1) is 101. The number of carbonyl (C=O) groups is 4. The van der Waals surface area contributed by atoms with Crippen LogP contribution in [0, 0.1) is 5.92 Å². The molecule has 0 aliphatic carbocycles. The van der Waals surface area contributed by atoms with Crippen molar-refractivity contribution >= 4 is 39.5 Å². The second-order valence-electron chi connectivity index (χ2n) is 30.0. The summed E-state index contributed by atoms with van der Waals surface area (Å²) in [5.41, 5.74) is 0. The molecular weight excluding hydrogens is 1340 g/mol. The molecular formula is C84H160O17P2. The van der Waals surface area contributed by atoms with E-state index in [1.54, 1.807) is 0 Å². The van der Waals surface area contributed by atoms with Crippen molar-refractivity contribution < 1.29 is 80.2 Å². The highest BCUT2D eigenvalue weighted by molar-refractivity contribution is 7.47.